The second-order valence-electron chi connectivity index (χ2n) is 4.35. The van der Waals surface area contributed by atoms with E-state index in [1.54, 1.807) is 0 Å². The van der Waals surface area contributed by atoms with E-state index in [0.717, 1.165) is 11.1 Å². The lowest BCUT2D eigenvalue weighted by Crippen LogP contribution is -2.18. The lowest BCUT2D eigenvalue weighted by molar-refractivity contribution is -0.145. The molecular weight excluding hydrogens is 188 g/mol. The molecule has 0 heterocycles. The van der Waals surface area contributed by atoms with Crippen LogP contribution in [0.3, 0.4) is 0 Å². The molecule has 1 N–H and O–H groups in total. The number of aliphatic hydroxyl groups excluding tert-OH is 1. The molecule has 2 heteroatoms. The van der Waals surface area contributed by atoms with Gasteiger partial charge in [-0.15, -0.1) is 0 Å². The monoisotopic (exact) mass is 208 g/mol. The summed E-state index contributed by atoms with van der Waals surface area (Å²) in [6, 6.07) is 7.75. The zero-order valence-electron chi connectivity index (χ0n) is 9.90. The first-order chi connectivity index (χ1) is 7.00. The standard InChI is InChI=1S/C13H20O2/c1-9(2)11(4)15-13(14)12-7-5-6-10(3)8-12/h5-9,11,13-14H,1-4H3. The van der Waals surface area contributed by atoms with Gasteiger partial charge in [0.05, 0.1) is 6.10 Å². The van der Waals surface area contributed by atoms with E-state index in [2.05, 4.69) is 13.8 Å². The zero-order chi connectivity index (χ0) is 11.4. The normalized spacial score (nSPS) is 15.3. The number of rotatable bonds is 4. The van der Waals surface area contributed by atoms with E-state index < -0.39 is 6.29 Å². The highest BCUT2D eigenvalue weighted by molar-refractivity contribution is 5.22. The Bertz CT molecular complexity index is 307. The van der Waals surface area contributed by atoms with Crippen molar-refractivity contribution >= 4 is 0 Å². The summed E-state index contributed by atoms with van der Waals surface area (Å²) in [6.07, 6.45) is -0.761. The minimum atomic E-state index is -0.817. The Morgan fingerprint density at radius 3 is 2.40 bits per heavy atom. The first-order valence-corrected chi connectivity index (χ1v) is 5.41. The van der Waals surface area contributed by atoms with Crippen LogP contribution in [0, 0.1) is 12.8 Å². The van der Waals surface area contributed by atoms with Crippen LogP contribution in [-0.4, -0.2) is 11.2 Å². The molecule has 2 atom stereocenters. The fraction of sp³-hybridized carbons (Fsp3) is 0.538. The number of aliphatic hydroxyl groups is 1. The van der Waals surface area contributed by atoms with Crippen molar-refractivity contribution in [2.75, 3.05) is 0 Å². The van der Waals surface area contributed by atoms with Crippen molar-refractivity contribution in [1.29, 1.82) is 0 Å². The molecule has 0 aliphatic heterocycles. The summed E-state index contributed by atoms with van der Waals surface area (Å²) < 4.78 is 5.51. The predicted molar refractivity (Wildman–Crippen MR) is 61.5 cm³/mol. The molecule has 0 bridgehead atoms. The summed E-state index contributed by atoms with van der Waals surface area (Å²) in [4.78, 5) is 0. The molecule has 2 unspecified atom stereocenters. The highest BCUT2D eigenvalue weighted by Gasteiger charge is 2.14. The average Bonchev–Trinajstić information content (AvgIpc) is 2.17. The molecule has 1 rings (SSSR count). The minimum Gasteiger partial charge on any atom is -0.364 e. The van der Waals surface area contributed by atoms with Crippen molar-refractivity contribution in [3.05, 3.63) is 35.4 Å². The molecule has 0 fully saturated rings. The van der Waals surface area contributed by atoms with Crippen LogP contribution in [0.2, 0.25) is 0 Å². The number of aryl methyl sites for hydroxylation is 1. The molecule has 0 saturated heterocycles. The van der Waals surface area contributed by atoms with Crippen molar-refractivity contribution in [1.82, 2.24) is 0 Å². The van der Waals surface area contributed by atoms with Crippen molar-refractivity contribution in [3.63, 3.8) is 0 Å². The van der Waals surface area contributed by atoms with E-state index in [9.17, 15) is 5.11 Å². The summed E-state index contributed by atoms with van der Waals surface area (Å²) in [6.45, 7) is 8.13. The molecule has 84 valence electrons. The van der Waals surface area contributed by atoms with E-state index in [-0.39, 0.29) is 6.10 Å². The largest absolute Gasteiger partial charge is 0.364 e. The van der Waals surface area contributed by atoms with Crippen LogP contribution >= 0.6 is 0 Å². The molecular formula is C13H20O2. The summed E-state index contributed by atoms with van der Waals surface area (Å²) in [5.41, 5.74) is 1.95. The maximum atomic E-state index is 9.84. The Labute approximate surface area is 91.9 Å². The first-order valence-electron chi connectivity index (χ1n) is 5.41. The fourth-order valence-corrected chi connectivity index (χ4v) is 1.26. The van der Waals surface area contributed by atoms with Crippen molar-refractivity contribution < 1.29 is 9.84 Å². The molecule has 0 spiro atoms. The maximum Gasteiger partial charge on any atom is 0.181 e. The van der Waals surface area contributed by atoms with Gasteiger partial charge in [-0.25, -0.2) is 0 Å². The van der Waals surface area contributed by atoms with E-state index in [4.69, 9.17) is 4.74 Å². The van der Waals surface area contributed by atoms with Gasteiger partial charge in [0.2, 0.25) is 0 Å². The van der Waals surface area contributed by atoms with E-state index in [0.29, 0.717) is 5.92 Å². The lowest BCUT2D eigenvalue weighted by Gasteiger charge is -2.21. The Morgan fingerprint density at radius 2 is 1.87 bits per heavy atom. The second-order valence-corrected chi connectivity index (χ2v) is 4.35. The minimum absolute atomic E-state index is 0.0560. The Morgan fingerprint density at radius 1 is 1.20 bits per heavy atom. The van der Waals surface area contributed by atoms with Gasteiger partial charge < -0.3 is 9.84 Å². The van der Waals surface area contributed by atoms with Crippen molar-refractivity contribution in [2.45, 2.75) is 40.1 Å². The summed E-state index contributed by atoms with van der Waals surface area (Å²) >= 11 is 0. The summed E-state index contributed by atoms with van der Waals surface area (Å²) in [5.74, 6) is 0.407. The van der Waals surface area contributed by atoms with Gasteiger partial charge in [0.25, 0.3) is 0 Å². The molecule has 0 amide bonds. The quantitative estimate of drug-likeness (QED) is 0.771. The van der Waals surface area contributed by atoms with E-state index in [1.165, 1.54) is 0 Å². The summed E-state index contributed by atoms with van der Waals surface area (Å²) in [5, 5.41) is 9.84. The third-order valence-electron chi connectivity index (χ3n) is 2.61. The Kier molecular flexibility index (Phi) is 4.30. The van der Waals surface area contributed by atoms with Gasteiger partial charge in [-0.3, -0.25) is 0 Å². The van der Waals surface area contributed by atoms with E-state index in [1.807, 2.05) is 38.1 Å². The van der Waals surface area contributed by atoms with Crippen LogP contribution in [0.4, 0.5) is 0 Å². The fourth-order valence-electron chi connectivity index (χ4n) is 1.26. The third-order valence-corrected chi connectivity index (χ3v) is 2.61. The smallest absolute Gasteiger partial charge is 0.181 e. The second kappa shape index (κ2) is 5.29. The highest BCUT2D eigenvalue weighted by atomic mass is 16.6. The maximum absolute atomic E-state index is 9.84. The molecule has 2 nitrogen and oxygen atoms in total. The Hall–Kier alpha value is -0.860. The topological polar surface area (TPSA) is 29.5 Å². The van der Waals surface area contributed by atoms with Gasteiger partial charge in [-0.05, 0) is 19.8 Å². The Balaban J connectivity index is 2.64. The molecule has 0 saturated carbocycles. The number of ether oxygens (including phenoxy) is 1. The predicted octanol–water partition coefficient (Wildman–Crippen LogP) is 3.05. The number of benzene rings is 1. The highest BCUT2D eigenvalue weighted by Crippen LogP contribution is 2.19. The zero-order valence-corrected chi connectivity index (χ0v) is 9.90. The van der Waals surface area contributed by atoms with Crippen LogP contribution in [0.15, 0.2) is 24.3 Å². The molecule has 0 radical (unpaired) electrons. The van der Waals surface area contributed by atoms with Crippen molar-refractivity contribution in [2.24, 2.45) is 5.92 Å². The van der Waals surface area contributed by atoms with Crippen LogP contribution in [-0.2, 0) is 4.74 Å². The first kappa shape index (κ1) is 12.2. The van der Waals surface area contributed by atoms with Gasteiger partial charge in [-0.2, -0.15) is 0 Å². The van der Waals surface area contributed by atoms with Gasteiger partial charge >= 0.3 is 0 Å². The van der Waals surface area contributed by atoms with E-state index >= 15 is 0 Å². The van der Waals surface area contributed by atoms with Gasteiger partial charge in [0, 0.05) is 5.56 Å². The number of hydrogen-bond donors (Lipinski definition) is 1. The van der Waals surface area contributed by atoms with Crippen LogP contribution < -0.4 is 0 Å². The molecule has 1 aromatic carbocycles. The molecule has 0 aliphatic carbocycles. The lowest BCUT2D eigenvalue weighted by atomic mass is 10.1. The van der Waals surface area contributed by atoms with Crippen LogP contribution in [0.5, 0.6) is 0 Å². The third kappa shape index (κ3) is 3.65. The number of hydrogen-bond acceptors (Lipinski definition) is 2. The van der Waals surface area contributed by atoms with Crippen molar-refractivity contribution in [3.8, 4) is 0 Å². The van der Waals surface area contributed by atoms with Crippen LogP contribution in [0.1, 0.15) is 38.2 Å². The summed E-state index contributed by atoms with van der Waals surface area (Å²) in [7, 11) is 0. The van der Waals surface area contributed by atoms with Gasteiger partial charge in [0.1, 0.15) is 0 Å². The molecule has 0 aliphatic rings. The average molecular weight is 208 g/mol. The van der Waals surface area contributed by atoms with Gasteiger partial charge in [-0.1, -0.05) is 43.7 Å². The molecule has 0 aromatic heterocycles. The molecule has 15 heavy (non-hydrogen) atoms. The SMILES string of the molecule is Cc1cccc(C(O)OC(C)C(C)C)c1. The van der Waals surface area contributed by atoms with Crippen LogP contribution in [0.25, 0.3) is 0 Å². The van der Waals surface area contributed by atoms with Gasteiger partial charge in [0.15, 0.2) is 6.29 Å². The molecule has 1 aromatic rings.